The van der Waals surface area contributed by atoms with E-state index in [-0.39, 0.29) is 23.3 Å². The number of pyridine rings is 1. The summed E-state index contributed by atoms with van der Waals surface area (Å²) in [5.74, 6) is 1.28. The lowest BCUT2D eigenvalue weighted by Crippen LogP contribution is -2.34. The van der Waals surface area contributed by atoms with Gasteiger partial charge in [-0.2, -0.15) is 11.8 Å². The fourth-order valence-corrected chi connectivity index (χ4v) is 3.16. The number of amides is 1. The molecule has 96 valence electrons. The number of thioether (sulfide) groups is 1. The summed E-state index contributed by atoms with van der Waals surface area (Å²) >= 11 is 4.96. The van der Waals surface area contributed by atoms with E-state index in [0.717, 1.165) is 17.9 Å². The largest absolute Gasteiger partial charge is 0.364 e. The molecule has 1 unspecified atom stereocenters. The predicted octanol–water partition coefficient (Wildman–Crippen LogP) is 1.99. The van der Waals surface area contributed by atoms with E-state index in [1.54, 1.807) is 11.8 Å². The van der Waals surface area contributed by atoms with Crippen molar-refractivity contribution >= 4 is 39.4 Å². The van der Waals surface area contributed by atoms with Crippen LogP contribution >= 0.6 is 27.7 Å². The lowest BCUT2D eigenvalue weighted by Gasteiger charge is -2.11. The van der Waals surface area contributed by atoms with Crippen molar-refractivity contribution in [3.63, 3.8) is 0 Å². The van der Waals surface area contributed by atoms with Crippen LogP contribution in [0.3, 0.4) is 0 Å². The Kier molecular flexibility index (Phi) is 4.18. The SMILES string of the molecule is O=C(NC1CCSC1)c1cc([N+](=O)[O-])ncc1Br. The van der Waals surface area contributed by atoms with Gasteiger partial charge >= 0.3 is 5.82 Å². The van der Waals surface area contributed by atoms with Gasteiger partial charge in [0.05, 0.1) is 10.0 Å². The summed E-state index contributed by atoms with van der Waals surface area (Å²) < 4.78 is 0.455. The normalized spacial score (nSPS) is 18.6. The summed E-state index contributed by atoms with van der Waals surface area (Å²) in [6.07, 6.45) is 2.21. The summed E-state index contributed by atoms with van der Waals surface area (Å²) in [5.41, 5.74) is 0.244. The van der Waals surface area contributed by atoms with Gasteiger partial charge in [0.15, 0.2) is 6.20 Å². The molecule has 0 saturated carbocycles. The van der Waals surface area contributed by atoms with Gasteiger partial charge in [-0.05, 0) is 38.0 Å². The Morgan fingerprint density at radius 2 is 2.44 bits per heavy atom. The fraction of sp³-hybridized carbons (Fsp3) is 0.400. The molecule has 2 heterocycles. The topological polar surface area (TPSA) is 85.1 Å². The van der Waals surface area contributed by atoms with Crippen molar-refractivity contribution in [1.82, 2.24) is 10.3 Å². The molecular formula is C10H10BrN3O3S. The summed E-state index contributed by atoms with van der Waals surface area (Å²) in [7, 11) is 0. The zero-order chi connectivity index (χ0) is 13.1. The van der Waals surface area contributed by atoms with Crippen LogP contribution in [0.2, 0.25) is 0 Å². The van der Waals surface area contributed by atoms with Crippen molar-refractivity contribution < 1.29 is 9.72 Å². The van der Waals surface area contributed by atoms with Crippen LogP contribution in [0.25, 0.3) is 0 Å². The molecule has 0 radical (unpaired) electrons. The van der Waals surface area contributed by atoms with E-state index in [4.69, 9.17) is 0 Å². The minimum absolute atomic E-state index is 0.140. The van der Waals surface area contributed by atoms with Gasteiger partial charge in [0, 0.05) is 17.9 Å². The van der Waals surface area contributed by atoms with Crippen LogP contribution < -0.4 is 5.32 Å². The van der Waals surface area contributed by atoms with Gasteiger partial charge in [0.25, 0.3) is 5.91 Å². The zero-order valence-electron chi connectivity index (χ0n) is 9.26. The van der Waals surface area contributed by atoms with Crippen LogP contribution in [0.5, 0.6) is 0 Å². The van der Waals surface area contributed by atoms with Crippen molar-refractivity contribution in [2.24, 2.45) is 0 Å². The molecule has 1 aliphatic rings. The van der Waals surface area contributed by atoms with Crippen LogP contribution in [0.1, 0.15) is 16.8 Å². The van der Waals surface area contributed by atoms with Crippen molar-refractivity contribution in [1.29, 1.82) is 0 Å². The average molecular weight is 332 g/mol. The Morgan fingerprint density at radius 1 is 1.67 bits per heavy atom. The number of carbonyl (C=O) groups is 1. The van der Waals surface area contributed by atoms with Crippen molar-refractivity contribution in [3.8, 4) is 0 Å². The quantitative estimate of drug-likeness (QED) is 0.676. The van der Waals surface area contributed by atoms with Crippen LogP contribution in [-0.4, -0.2) is 33.4 Å². The predicted molar refractivity (Wildman–Crippen MR) is 71.8 cm³/mol. The second kappa shape index (κ2) is 5.66. The van der Waals surface area contributed by atoms with Crippen molar-refractivity contribution in [2.45, 2.75) is 12.5 Å². The van der Waals surface area contributed by atoms with Gasteiger partial charge in [0.2, 0.25) is 0 Å². The Balaban J connectivity index is 2.17. The number of nitrogens with one attached hydrogen (secondary N) is 1. The molecular weight excluding hydrogens is 322 g/mol. The van der Waals surface area contributed by atoms with E-state index in [1.807, 2.05) is 0 Å². The molecule has 8 heteroatoms. The molecule has 18 heavy (non-hydrogen) atoms. The highest BCUT2D eigenvalue weighted by molar-refractivity contribution is 9.10. The Hall–Kier alpha value is -1.15. The molecule has 0 aliphatic carbocycles. The van der Waals surface area contributed by atoms with Gasteiger partial charge < -0.3 is 15.4 Å². The molecule has 1 N–H and O–H groups in total. The fourth-order valence-electron chi connectivity index (χ4n) is 1.61. The minimum atomic E-state index is -0.616. The van der Waals surface area contributed by atoms with Gasteiger partial charge in [-0.25, -0.2) is 0 Å². The second-order valence-corrected chi connectivity index (χ2v) is 5.82. The summed E-state index contributed by atoms with van der Waals surface area (Å²) in [4.78, 5) is 25.6. The molecule has 1 fully saturated rings. The number of halogens is 1. The lowest BCUT2D eigenvalue weighted by molar-refractivity contribution is -0.389. The maximum absolute atomic E-state index is 12.0. The lowest BCUT2D eigenvalue weighted by atomic mass is 10.2. The Morgan fingerprint density at radius 3 is 3.06 bits per heavy atom. The van der Waals surface area contributed by atoms with Crippen LogP contribution in [-0.2, 0) is 0 Å². The first kappa shape index (κ1) is 13.3. The molecule has 1 atom stereocenters. The van der Waals surface area contributed by atoms with E-state index in [9.17, 15) is 14.9 Å². The monoisotopic (exact) mass is 331 g/mol. The Labute approximate surface area is 116 Å². The molecule has 1 saturated heterocycles. The molecule has 0 bridgehead atoms. The van der Waals surface area contributed by atoms with Crippen molar-refractivity contribution in [3.05, 3.63) is 32.4 Å². The average Bonchev–Trinajstić information content (AvgIpc) is 2.81. The molecule has 1 aromatic rings. The number of aromatic nitrogens is 1. The third-order valence-corrected chi connectivity index (χ3v) is 4.33. The zero-order valence-corrected chi connectivity index (χ0v) is 11.7. The first-order chi connectivity index (χ1) is 8.58. The maximum atomic E-state index is 12.0. The first-order valence-electron chi connectivity index (χ1n) is 5.26. The van der Waals surface area contributed by atoms with Crippen LogP contribution in [0.15, 0.2) is 16.7 Å². The molecule has 6 nitrogen and oxygen atoms in total. The van der Waals surface area contributed by atoms with E-state index in [1.165, 1.54) is 12.3 Å². The molecule has 0 aromatic carbocycles. The van der Waals surface area contributed by atoms with Gasteiger partial charge in [0.1, 0.15) is 0 Å². The highest BCUT2D eigenvalue weighted by Crippen LogP contribution is 2.22. The summed E-state index contributed by atoms with van der Waals surface area (Å²) in [6.45, 7) is 0. The highest BCUT2D eigenvalue weighted by Gasteiger charge is 2.22. The minimum Gasteiger partial charge on any atom is -0.358 e. The third-order valence-electron chi connectivity index (χ3n) is 2.54. The molecule has 1 aliphatic heterocycles. The maximum Gasteiger partial charge on any atom is 0.364 e. The molecule has 1 aromatic heterocycles. The highest BCUT2D eigenvalue weighted by atomic mass is 79.9. The summed E-state index contributed by atoms with van der Waals surface area (Å²) in [5, 5.41) is 13.5. The van der Waals surface area contributed by atoms with Gasteiger partial charge in [-0.1, -0.05) is 0 Å². The number of nitrogens with zero attached hydrogens (tertiary/aromatic N) is 2. The van der Waals surface area contributed by atoms with Crippen molar-refractivity contribution in [2.75, 3.05) is 11.5 Å². The molecule has 2 rings (SSSR count). The number of carbonyl (C=O) groups excluding carboxylic acids is 1. The second-order valence-electron chi connectivity index (χ2n) is 3.81. The van der Waals surface area contributed by atoms with E-state index >= 15 is 0 Å². The van der Waals surface area contributed by atoms with Crippen LogP contribution in [0.4, 0.5) is 5.82 Å². The standard InChI is InChI=1S/C10H10BrN3O3S/c11-8-4-12-9(14(16)17)3-7(8)10(15)13-6-1-2-18-5-6/h3-4,6H,1-2,5H2,(H,13,15). The third kappa shape index (κ3) is 2.99. The summed E-state index contributed by atoms with van der Waals surface area (Å²) in [6, 6.07) is 1.32. The smallest absolute Gasteiger partial charge is 0.358 e. The molecule has 0 spiro atoms. The Bertz CT molecular complexity index is 491. The van der Waals surface area contributed by atoms with E-state index in [0.29, 0.717) is 4.47 Å². The number of rotatable bonds is 3. The molecule has 1 amide bonds. The van der Waals surface area contributed by atoms with Crippen LogP contribution in [0, 0.1) is 10.1 Å². The number of nitro groups is 1. The van der Waals surface area contributed by atoms with E-state index < -0.39 is 4.92 Å². The van der Waals surface area contributed by atoms with Gasteiger partial charge in [-0.15, -0.1) is 0 Å². The first-order valence-corrected chi connectivity index (χ1v) is 7.21. The number of hydrogen-bond acceptors (Lipinski definition) is 5. The number of hydrogen-bond donors (Lipinski definition) is 1. The van der Waals surface area contributed by atoms with E-state index in [2.05, 4.69) is 26.2 Å². The van der Waals surface area contributed by atoms with Gasteiger partial charge in [-0.3, -0.25) is 4.79 Å².